The van der Waals surface area contributed by atoms with Crippen molar-refractivity contribution in [3.05, 3.63) is 47.0 Å². The van der Waals surface area contributed by atoms with Gasteiger partial charge in [-0.15, -0.1) is 0 Å². The molecule has 2 atom stereocenters. The van der Waals surface area contributed by atoms with Gasteiger partial charge < -0.3 is 10.8 Å². The highest BCUT2D eigenvalue weighted by Gasteiger charge is 2.26. The Kier molecular flexibility index (Phi) is 7.80. The number of carboxylic acids is 1. The summed E-state index contributed by atoms with van der Waals surface area (Å²) in [5.74, 6) is -0.166. The lowest BCUT2D eigenvalue weighted by Crippen LogP contribution is -2.35. The first-order chi connectivity index (χ1) is 14.0. The van der Waals surface area contributed by atoms with Crippen LogP contribution in [0.2, 0.25) is 0 Å². The number of hydroxylamine groups is 1. The van der Waals surface area contributed by atoms with E-state index in [1.807, 2.05) is 17.0 Å². The van der Waals surface area contributed by atoms with Crippen LogP contribution in [0.15, 0.2) is 40.9 Å². The number of rotatable bonds is 8. The third kappa shape index (κ3) is 6.39. The SMILES string of the molecule is CCCCN=C(N)c1ccc(C2CC(C=C3CCN(CC(=O)O)CC3)ON2)cc1. The summed E-state index contributed by atoms with van der Waals surface area (Å²) in [7, 11) is 0. The van der Waals surface area contributed by atoms with Crippen molar-refractivity contribution in [3.8, 4) is 0 Å². The molecule has 2 aliphatic heterocycles. The first-order valence-electron chi connectivity index (χ1n) is 10.5. The van der Waals surface area contributed by atoms with Crippen LogP contribution in [0.25, 0.3) is 0 Å². The van der Waals surface area contributed by atoms with Crippen molar-refractivity contribution in [2.75, 3.05) is 26.2 Å². The number of carbonyl (C=O) groups is 1. The van der Waals surface area contributed by atoms with Gasteiger partial charge in [0.15, 0.2) is 0 Å². The summed E-state index contributed by atoms with van der Waals surface area (Å²) in [6.07, 6.45) is 7.10. The Morgan fingerprint density at radius 1 is 1.34 bits per heavy atom. The lowest BCUT2D eigenvalue weighted by Gasteiger charge is -2.27. The van der Waals surface area contributed by atoms with Crippen molar-refractivity contribution in [1.29, 1.82) is 0 Å². The summed E-state index contributed by atoms with van der Waals surface area (Å²) < 4.78 is 0. The highest BCUT2D eigenvalue weighted by molar-refractivity contribution is 5.97. The standard InChI is InChI=1S/C22H32N4O3/c1-2-3-10-24-22(23)18-6-4-17(5-7-18)20-14-19(29-25-20)13-16-8-11-26(12-9-16)15-21(27)28/h4-7,13,19-20,25H,2-3,8-12,14-15H2,1H3,(H2,23,24)(H,27,28). The number of nitrogens with zero attached hydrogens (tertiary/aromatic N) is 2. The molecule has 4 N–H and O–H groups in total. The van der Waals surface area contributed by atoms with E-state index in [9.17, 15) is 4.79 Å². The van der Waals surface area contributed by atoms with Gasteiger partial charge in [-0.05, 0) is 24.8 Å². The molecule has 0 radical (unpaired) electrons. The Morgan fingerprint density at radius 3 is 2.72 bits per heavy atom. The van der Waals surface area contributed by atoms with E-state index in [-0.39, 0.29) is 18.7 Å². The minimum absolute atomic E-state index is 0.0429. The van der Waals surface area contributed by atoms with Gasteiger partial charge in [0.2, 0.25) is 0 Å². The smallest absolute Gasteiger partial charge is 0.317 e. The molecule has 0 spiro atoms. The second-order valence-corrected chi connectivity index (χ2v) is 7.80. The maximum absolute atomic E-state index is 10.8. The number of unbranched alkanes of at least 4 members (excludes halogenated alkanes) is 1. The fourth-order valence-corrected chi connectivity index (χ4v) is 3.76. The first kappa shape index (κ1) is 21.5. The van der Waals surface area contributed by atoms with Crippen LogP contribution in [0.1, 0.15) is 56.2 Å². The van der Waals surface area contributed by atoms with Gasteiger partial charge in [-0.3, -0.25) is 19.5 Å². The van der Waals surface area contributed by atoms with Crippen molar-refractivity contribution in [2.45, 2.75) is 51.2 Å². The van der Waals surface area contributed by atoms with E-state index in [2.05, 4.69) is 35.6 Å². The van der Waals surface area contributed by atoms with Crippen LogP contribution in [0, 0.1) is 0 Å². The maximum atomic E-state index is 10.8. The van der Waals surface area contributed by atoms with Crippen molar-refractivity contribution in [2.24, 2.45) is 10.7 Å². The average Bonchev–Trinajstić information content (AvgIpc) is 3.18. The van der Waals surface area contributed by atoms with Gasteiger partial charge in [-0.1, -0.05) is 49.3 Å². The summed E-state index contributed by atoms with van der Waals surface area (Å²) in [5, 5.41) is 8.90. The Morgan fingerprint density at radius 2 is 2.07 bits per heavy atom. The molecule has 0 aromatic heterocycles. The first-order valence-corrected chi connectivity index (χ1v) is 10.5. The second kappa shape index (κ2) is 10.5. The van der Waals surface area contributed by atoms with Gasteiger partial charge in [-0.2, -0.15) is 5.48 Å². The number of amidine groups is 1. The zero-order valence-electron chi connectivity index (χ0n) is 17.1. The molecule has 1 aromatic rings. The lowest BCUT2D eigenvalue weighted by molar-refractivity contribution is -0.138. The molecule has 0 amide bonds. The number of piperidine rings is 1. The molecular formula is C22H32N4O3. The predicted molar refractivity (Wildman–Crippen MR) is 114 cm³/mol. The molecule has 3 rings (SSSR count). The molecule has 2 unspecified atom stereocenters. The van der Waals surface area contributed by atoms with Crippen molar-refractivity contribution in [3.63, 3.8) is 0 Å². The van der Waals surface area contributed by atoms with Gasteiger partial charge >= 0.3 is 5.97 Å². The number of nitrogens with two attached hydrogens (primary N) is 1. The molecule has 1 aromatic carbocycles. The molecule has 29 heavy (non-hydrogen) atoms. The molecule has 0 aliphatic carbocycles. The number of nitrogens with one attached hydrogen (secondary N) is 1. The summed E-state index contributed by atoms with van der Waals surface area (Å²) in [5.41, 5.74) is 12.7. The van der Waals surface area contributed by atoms with Crippen molar-refractivity contribution >= 4 is 11.8 Å². The summed E-state index contributed by atoms with van der Waals surface area (Å²) >= 11 is 0. The summed E-state index contributed by atoms with van der Waals surface area (Å²) in [6.45, 7) is 4.63. The zero-order valence-corrected chi connectivity index (χ0v) is 17.1. The van der Waals surface area contributed by atoms with Crippen LogP contribution in [0.5, 0.6) is 0 Å². The normalized spacial score (nSPS) is 23.3. The van der Waals surface area contributed by atoms with Crippen molar-refractivity contribution < 1.29 is 14.7 Å². The fourth-order valence-electron chi connectivity index (χ4n) is 3.76. The van der Waals surface area contributed by atoms with E-state index >= 15 is 0 Å². The Balaban J connectivity index is 1.51. The van der Waals surface area contributed by atoms with Gasteiger partial charge in [0.05, 0.1) is 18.7 Å². The number of aliphatic imine (C=N–C) groups is 1. The largest absolute Gasteiger partial charge is 0.480 e. The molecule has 7 heteroatoms. The van der Waals surface area contributed by atoms with E-state index in [0.717, 1.165) is 57.3 Å². The number of hydrogen-bond donors (Lipinski definition) is 3. The number of aliphatic carboxylic acids is 1. The fraction of sp³-hybridized carbons (Fsp3) is 0.545. The molecular weight excluding hydrogens is 368 g/mol. The van der Waals surface area contributed by atoms with Crippen molar-refractivity contribution in [1.82, 2.24) is 10.4 Å². The summed E-state index contributed by atoms with van der Waals surface area (Å²) in [6, 6.07) is 8.35. The third-order valence-electron chi connectivity index (χ3n) is 5.51. The topological polar surface area (TPSA) is 100 Å². The van der Waals surface area contributed by atoms with Crippen LogP contribution < -0.4 is 11.2 Å². The molecule has 0 saturated carbocycles. The van der Waals surface area contributed by atoms with Gasteiger partial charge in [0.25, 0.3) is 0 Å². The predicted octanol–water partition coefficient (Wildman–Crippen LogP) is 2.63. The van der Waals surface area contributed by atoms with E-state index in [1.165, 1.54) is 11.1 Å². The monoisotopic (exact) mass is 400 g/mol. The van der Waals surface area contributed by atoms with Crippen LogP contribution in [0.4, 0.5) is 0 Å². The maximum Gasteiger partial charge on any atom is 0.317 e. The Labute approximate surface area is 172 Å². The molecule has 2 fully saturated rings. The number of hydrogen-bond acceptors (Lipinski definition) is 5. The van der Waals surface area contributed by atoms with Gasteiger partial charge in [0.1, 0.15) is 5.84 Å². The Bertz CT molecular complexity index is 735. The number of carboxylic acid groups (broad SMARTS) is 1. The minimum Gasteiger partial charge on any atom is -0.480 e. The summed E-state index contributed by atoms with van der Waals surface area (Å²) in [4.78, 5) is 23.0. The Hall–Kier alpha value is -2.22. The number of benzene rings is 1. The van der Waals surface area contributed by atoms with Crippen LogP contribution in [-0.4, -0.2) is 54.1 Å². The van der Waals surface area contributed by atoms with Crippen LogP contribution in [0.3, 0.4) is 0 Å². The molecule has 0 bridgehead atoms. The highest BCUT2D eigenvalue weighted by Crippen LogP contribution is 2.28. The van der Waals surface area contributed by atoms with Crippen LogP contribution in [-0.2, 0) is 9.63 Å². The van der Waals surface area contributed by atoms with E-state index in [4.69, 9.17) is 15.7 Å². The third-order valence-corrected chi connectivity index (χ3v) is 5.51. The van der Waals surface area contributed by atoms with Gasteiger partial charge in [0, 0.05) is 31.6 Å². The van der Waals surface area contributed by atoms with E-state index < -0.39 is 5.97 Å². The van der Waals surface area contributed by atoms with Crippen LogP contribution >= 0.6 is 0 Å². The highest BCUT2D eigenvalue weighted by atomic mass is 16.7. The van der Waals surface area contributed by atoms with E-state index in [1.54, 1.807) is 0 Å². The molecule has 2 aliphatic rings. The molecule has 7 nitrogen and oxygen atoms in total. The minimum atomic E-state index is -0.761. The van der Waals surface area contributed by atoms with E-state index in [0.29, 0.717) is 5.84 Å². The quantitative estimate of drug-likeness (QED) is 0.268. The molecule has 2 heterocycles. The zero-order chi connectivity index (χ0) is 20.6. The molecule has 2 saturated heterocycles. The number of likely N-dealkylation sites (tertiary alicyclic amines) is 1. The second-order valence-electron chi connectivity index (χ2n) is 7.80. The average molecular weight is 401 g/mol. The van der Waals surface area contributed by atoms with Gasteiger partial charge in [-0.25, -0.2) is 0 Å². The molecule has 158 valence electrons. The lowest BCUT2D eigenvalue weighted by atomic mass is 9.97.